The molecule has 9 heteroatoms. The highest BCUT2D eigenvalue weighted by Crippen LogP contribution is 2.39. The number of ether oxygens (including phenoxy) is 7. The molecular weight excluding hydrogens is 528 g/mol. The van der Waals surface area contributed by atoms with Crippen LogP contribution in [-0.2, 0) is 65.0 Å². The van der Waals surface area contributed by atoms with Crippen LogP contribution in [0.15, 0.2) is 24.3 Å². The molecular formula is C32H50O9. The highest BCUT2D eigenvalue weighted by Gasteiger charge is 2.28. The van der Waals surface area contributed by atoms with Crippen LogP contribution < -0.4 is 0 Å². The van der Waals surface area contributed by atoms with Gasteiger partial charge < -0.3 is 43.4 Å². The summed E-state index contributed by atoms with van der Waals surface area (Å²) in [7, 11) is 1.60. The van der Waals surface area contributed by atoms with Crippen LogP contribution in [0.2, 0.25) is 0 Å². The van der Waals surface area contributed by atoms with Crippen molar-refractivity contribution >= 4 is 0 Å². The van der Waals surface area contributed by atoms with E-state index in [1.165, 1.54) is 0 Å². The van der Waals surface area contributed by atoms with E-state index in [1.54, 1.807) is 7.11 Å². The number of benzene rings is 2. The lowest BCUT2D eigenvalue weighted by Gasteiger charge is -2.29. The molecule has 0 fully saturated rings. The summed E-state index contributed by atoms with van der Waals surface area (Å²) in [6.07, 6.45) is 0. The highest BCUT2D eigenvalue weighted by atomic mass is 16.5. The highest BCUT2D eigenvalue weighted by molar-refractivity contribution is 5.52. The molecule has 41 heavy (non-hydrogen) atoms. The van der Waals surface area contributed by atoms with Crippen LogP contribution in [0, 0.1) is 0 Å². The molecule has 0 radical (unpaired) electrons. The van der Waals surface area contributed by atoms with Crippen molar-refractivity contribution in [2.45, 2.75) is 66.5 Å². The third-order valence-corrected chi connectivity index (χ3v) is 6.78. The van der Waals surface area contributed by atoms with Crippen molar-refractivity contribution in [2.75, 3.05) is 66.6 Å². The molecule has 0 aliphatic heterocycles. The van der Waals surface area contributed by atoms with Gasteiger partial charge in [-0.1, -0.05) is 13.8 Å². The first-order valence-electron chi connectivity index (χ1n) is 14.5. The van der Waals surface area contributed by atoms with Crippen LogP contribution in [0.4, 0.5) is 0 Å². The van der Waals surface area contributed by atoms with E-state index in [0.717, 1.165) is 11.1 Å². The molecule has 0 amide bonds. The molecule has 0 saturated heterocycles. The van der Waals surface area contributed by atoms with Gasteiger partial charge in [0.25, 0.3) is 0 Å². The monoisotopic (exact) mass is 578 g/mol. The fourth-order valence-electron chi connectivity index (χ4n) is 4.34. The number of rotatable bonds is 22. The van der Waals surface area contributed by atoms with Gasteiger partial charge in [0, 0.05) is 54.6 Å². The molecule has 9 nitrogen and oxygen atoms in total. The van der Waals surface area contributed by atoms with Crippen molar-refractivity contribution < 1.29 is 43.4 Å². The molecule has 0 aromatic heterocycles. The molecule has 0 unspecified atom stereocenters. The van der Waals surface area contributed by atoms with E-state index in [4.69, 9.17) is 33.2 Å². The maximum absolute atomic E-state index is 11.1. The van der Waals surface area contributed by atoms with Crippen molar-refractivity contribution in [3.63, 3.8) is 0 Å². The van der Waals surface area contributed by atoms with Crippen molar-refractivity contribution in [3.8, 4) is 11.5 Å². The van der Waals surface area contributed by atoms with Gasteiger partial charge in [-0.15, -0.1) is 0 Å². The Hall–Kier alpha value is -2.24. The largest absolute Gasteiger partial charge is 0.507 e. The molecule has 2 aromatic carbocycles. The lowest BCUT2D eigenvalue weighted by molar-refractivity contribution is 0.0420. The Morgan fingerprint density at radius 1 is 0.512 bits per heavy atom. The van der Waals surface area contributed by atoms with Gasteiger partial charge in [-0.05, 0) is 56.2 Å². The number of hydrogen-bond acceptors (Lipinski definition) is 9. The molecule has 2 aromatic rings. The van der Waals surface area contributed by atoms with Crippen molar-refractivity contribution in [2.24, 2.45) is 0 Å². The minimum atomic E-state index is -0.510. The summed E-state index contributed by atoms with van der Waals surface area (Å²) in [6, 6.07) is 7.88. The molecule has 2 rings (SSSR count). The number of methoxy groups -OCH3 is 1. The molecule has 0 spiro atoms. The summed E-state index contributed by atoms with van der Waals surface area (Å²) >= 11 is 0. The predicted octanol–water partition coefficient (Wildman–Crippen LogP) is 5.23. The molecule has 0 atom stereocenters. The zero-order chi connectivity index (χ0) is 30.1. The Bertz CT molecular complexity index is 987. The molecule has 2 N–H and O–H groups in total. The van der Waals surface area contributed by atoms with Gasteiger partial charge in [0.05, 0.1) is 66.1 Å². The fraction of sp³-hybridized carbons (Fsp3) is 0.625. The van der Waals surface area contributed by atoms with Gasteiger partial charge >= 0.3 is 0 Å². The predicted molar refractivity (Wildman–Crippen MR) is 158 cm³/mol. The van der Waals surface area contributed by atoms with Gasteiger partial charge in [0.15, 0.2) is 0 Å². The third-order valence-electron chi connectivity index (χ3n) is 6.78. The number of aromatic hydroxyl groups is 2. The minimum absolute atomic E-state index is 0.159. The summed E-state index contributed by atoms with van der Waals surface area (Å²) in [6.45, 7) is 15.6. The summed E-state index contributed by atoms with van der Waals surface area (Å²) in [4.78, 5) is 0. The Labute approximate surface area is 245 Å². The van der Waals surface area contributed by atoms with Crippen molar-refractivity contribution in [3.05, 3.63) is 57.6 Å². The molecule has 0 bridgehead atoms. The second kappa shape index (κ2) is 19.0. The zero-order valence-electron chi connectivity index (χ0n) is 25.8. The molecule has 232 valence electrons. The van der Waals surface area contributed by atoms with E-state index in [-0.39, 0.29) is 37.9 Å². The van der Waals surface area contributed by atoms with Crippen LogP contribution in [0.5, 0.6) is 11.5 Å². The second-order valence-corrected chi connectivity index (χ2v) is 10.1. The molecule has 0 aliphatic rings. The summed E-state index contributed by atoms with van der Waals surface area (Å²) in [5.74, 6) is 0.326. The van der Waals surface area contributed by atoms with Crippen LogP contribution in [0.1, 0.15) is 68.0 Å². The standard InChI is InChI=1S/C32H50O9/c1-7-36-10-13-39-21-25-17-28(16-24(20-35-6)30(25)33)32(4,5)29-18-26(22-40-14-11-37-8-2)31(34)27(19-29)23-41-15-12-38-9-3/h16-19,33-34H,7-15,20-23H2,1-6H3. The van der Waals surface area contributed by atoms with Gasteiger partial charge in [-0.2, -0.15) is 0 Å². The van der Waals surface area contributed by atoms with E-state index in [0.29, 0.717) is 81.7 Å². The van der Waals surface area contributed by atoms with Crippen LogP contribution in [0.25, 0.3) is 0 Å². The summed E-state index contributed by atoms with van der Waals surface area (Å²) in [5, 5.41) is 22.1. The van der Waals surface area contributed by atoms with Gasteiger partial charge in [0.2, 0.25) is 0 Å². The minimum Gasteiger partial charge on any atom is -0.507 e. The normalized spacial score (nSPS) is 11.9. The topological polar surface area (TPSA) is 105 Å². The van der Waals surface area contributed by atoms with Crippen molar-refractivity contribution in [1.29, 1.82) is 0 Å². The number of phenols is 2. The summed E-state index contributed by atoms with van der Waals surface area (Å²) < 4.78 is 39.0. The van der Waals surface area contributed by atoms with E-state index in [9.17, 15) is 10.2 Å². The first kappa shape index (κ1) is 35.0. The van der Waals surface area contributed by atoms with E-state index in [1.807, 2.05) is 45.0 Å². The molecule has 0 aliphatic carbocycles. The first-order chi connectivity index (χ1) is 19.8. The van der Waals surface area contributed by atoms with E-state index >= 15 is 0 Å². The van der Waals surface area contributed by atoms with Crippen LogP contribution in [-0.4, -0.2) is 76.8 Å². The van der Waals surface area contributed by atoms with E-state index in [2.05, 4.69) is 13.8 Å². The fourth-order valence-corrected chi connectivity index (χ4v) is 4.34. The van der Waals surface area contributed by atoms with Gasteiger partial charge in [-0.25, -0.2) is 0 Å². The first-order valence-corrected chi connectivity index (χ1v) is 14.5. The van der Waals surface area contributed by atoms with Crippen LogP contribution >= 0.6 is 0 Å². The average molecular weight is 579 g/mol. The van der Waals surface area contributed by atoms with Crippen molar-refractivity contribution in [1.82, 2.24) is 0 Å². The summed E-state index contributed by atoms with van der Waals surface area (Å²) in [5.41, 5.74) is 4.14. The molecule has 0 saturated carbocycles. The maximum atomic E-state index is 11.1. The SMILES string of the molecule is CCOCCOCc1cc(C(C)(C)c2cc(COCCOCC)c(O)c(COCCOCC)c2)cc(COC)c1O. The Balaban J connectivity index is 2.42. The number of phenolic OH excluding ortho intramolecular Hbond substituents is 2. The van der Waals surface area contributed by atoms with E-state index < -0.39 is 5.41 Å². The smallest absolute Gasteiger partial charge is 0.126 e. The Morgan fingerprint density at radius 3 is 1.10 bits per heavy atom. The third kappa shape index (κ3) is 11.2. The Kier molecular flexibility index (Phi) is 16.2. The maximum Gasteiger partial charge on any atom is 0.126 e. The lowest BCUT2D eigenvalue weighted by atomic mass is 9.76. The van der Waals surface area contributed by atoms with Gasteiger partial charge in [-0.3, -0.25) is 0 Å². The zero-order valence-corrected chi connectivity index (χ0v) is 25.8. The van der Waals surface area contributed by atoms with Gasteiger partial charge in [0.1, 0.15) is 11.5 Å². The van der Waals surface area contributed by atoms with Crippen LogP contribution in [0.3, 0.4) is 0 Å². The Morgan fingerprint density at radius 2 is 0.805 bits per heavy atom. The second-order valence-electron chi connectivity index (χ2n) is 10.1. The lowest BCUT2D eigenvalue weighted by Crippen LogP contribution is -2.21. The molecule has 0 heterocycles. The number of hydrogen-bond donors (Lipinski definition) is 2. The quantitative estimate of drug-likeness (QED) is 0.182. The average Bonchev–Trinajstić information content (AvgIpc) is 2.95.